The molecule has 6 nitrogen and oxygen atoms in total. The van der Waals surface area contributed by atoms with E-state index in [2.05, 4.69) is 29.4 Å². The van der Waals surface area contributed by atoms with Gasteiger partial charge in [-0.25, -0.2) is 4.68 Å². The summed E-state index contributed by atoms with van der Waals surface area (Å²) in [6.45, 7) is 5.99. The van der Waals surface area contributed by atoms with Gasteiger partial charge in [-0.15, -0.1) is 17.5 Å². The highest BCUT2D eigenvalue weighted by Crippen LogP contribution is 2.32. The first-order valence-corrected chi connectivity index (χ1v) is 10.1. The van der Waals surface area contributed by atoms with Crippen molar-refractivity contribution in [2.45, 2.75) is 26.2 Å². The summed E-state index contributed by atoms with van der Waals surface area (Å²) >= 11 is 0. The van der Waals surface area contributed by atoms with E-state index in [1.165, 1.54) is 11.1 Å². The molecule has 2 atom stereocenters. The number of carbonyl (C=O) groups is 1. The first-order valence-electron chi connectivity index (χ1n) is 10.1. The molecule has 30 heavy (non-hydrogen) atoms. The maximum absolute atomic E-state index is 13.0. The summed E-state index contributed by atoms with van der Waals surface area (Å²) in [6.07, 6.45) is 0.260. The molecule has 0 aliphatic carbocycles. The molecule has 3 aromatic rings. The van der Waals surface area contributed by atoms with Crippen LogP contribution in [0.4, 0.5) is 0 Å². The average Bonchev–Trinajstić information content (AvgIpc) is 3.34. The second kappa shape index (κ2) is 9.41. The number of likely N-dealkylation sites (tertiary alicyclic amines) is 1. The normalized spacial score (nSPS) is 18.3. The Morgan fingerprint density at radius 1 is 1.07 bits per heavy atom. The fraction of sp³-hybridized carbons (Fsp3) is 0.348. The zero-order valence-electron chi connectivity index (χ0n) is 17.4. The number of halogens is 1. The summed E-state index contributed by atoms with van der Waals surface area (Å²) in [7, 11) is 0. The van der Waals surface area contributed by atoms with Crippen molar-refractivity contribution in [1.82, 2.24) is 19.9 Å². The molecular formula is C23H28ClN5O. The van der Waals surface area contributed by atoms with Gasteiger partial charge < -0.3 is 10.6 Å². The molecular weight excluding hydrogens is 398 g/mol. The minimum Gasteiger partial charge on any atom is -0.341 e. The summed E-state index contributed by atoms with van der Waals surface area (Å²) < 4.78 is 1.79. The molecule has 2 N–H and O–H groups in total. The highest BCUT2D eigenvalue weighted by molar-refractivity contribution is 5.85. The van der Waals surface area contributed by atoms with Crippen LogP contribution in [0.25, 0.3) is 5.69 Å². The van der Waals surface area contributed by atoms with Crippen LogP contribution < -0.4 is 5.73 Å². The smallest absolute Gasteiger partial charge is 0.228 e. The molecule has 0 bridgehead atoms. The fourth-order valence-electron chi connectivity index (χ4n) is 4.10. The van der Waals surface area contributed by atoms with E-state index >= 15 is 0 Å². The minimum atomic E-state index is 0. The first kappa shape index (κ1) is 22.0. The maximum atomic E-state index is 13.0. The van der Waals surface area contributed by atoms with Crippen LogP contribution in [0.2, 0.25) is 0 Å². The van der Waals surface area contributed by atoms with Gasteiger partial charge in [-0.2, -0.15) is 0 Å². The molecule has 7 heteroatoms. The molecule has 0 saturated carbocycles. The summed E-state index contributed by atoms with van der Waals surface area (Å²) in [5.74, 6) is 0.654. The van der Waals surface area contributed by atoms with Gasteiger partial charge in [0.05, 0.1) is 23.5 Å². The quantitative estimate of drug-likeness (QED) is 0.681. The van der Waals surface area contributed by atoms with Crippen molar-refractivity contribution < 1.29 is 4.79 Å². The van der Waals surface area contributed by atoms with Crippen LogP contribution in [0.1, 0.15) is 28.4 Å². The molecule has 0 unspecified atom stereocenters. The molecule has 1 aliphatic rings. The van der Waals surface area contributed by atoms with Gasteiger partial charge >= 0.3 is 0 Å². The number of hydrogen-bond acceptors (Lipinski definition) is 4. The number of nitrogens with two attached hydrogens (primary N) is 1. The molecule has 4 rings (SSSR count). The number of nitrogens with zero attached hydrogens (tertiary/aromatic N) is 4. The number of aryl methyl sites for hydroxylation is 1. The predicted molar refractivity (Wildman–Crippen MR) is 120 cm³/mol. The Kier molecular flexibility index (Phi) is 6.90. The number of hydrogen-bond donors (Lipinski definition) is 1. The Balaban J connectivity index is 0.00000256. The fourth-order valence-corrected chi connectivity index (χ4v) is 4.10. The molecule has 1 fully saturated rings. The zero-order valence-corrected chi connectivity index (χ0v) is 18.2. The van der Waals surface area contributed by atoms with Crippen molar-refractivity contribution in [2.75, 3.05) is 19.6 Å². The molecule has 1 amide bonds. The van der Waals surface area contributed by atoms with Crippen LogP contribution in [0.5, 0.6) is 0 Å². The van der Waals surface area contributed by atoms with Crippen molar-refractivity contribution in [3.05, 3.63) is 77.1 Å². The van der Waals surface area contributed by atoms with E-state index in [9.17, 15) is 4.79 Å². The van der Waals surface area contributed by atoms with Gasteiger partial charge in [0, 0.05) is 19.0 Å². The van der Waals surface area contributed by atoms with Gasteiger partial charge in [0.25, 0.3) is 0 Å². The van der Waals surface area contributed by atoms with E-state index < -0.39 is 0 Å². The maximum Gasteiger partial charge on any atom is 0.228 e. The second-order valence-electron chi connectivity index (χ2n) is 7.86. The Morgan fingerprint density at radius 2 is 1.77 bits per heavy atom. The number of rotatable bonds is 5. The van der Waals surface area contributed by atoms with Crippen molar-refractivity contribution in [3.63, 3.8) is 0 Å². The first-order chi connectivity index (χ1) is 14.1. The van der Waals surface area contributed by atoms with E-state index in [1.807, 2.05) is 54.3 Å². The lowest BCUT2D eigenvalue weighted by Gasteiger charge is -2.16. The van der Waals surface area contributed by atoms with E-state index in [1.54, 1.807) is 4.68 Å². The Hall–Kier alpha value is -2.70. The van der Waals surface area contributed by atoms with E-state index in [0.717, 1.165) is 17.1 Å². The third-order valence-corrected chi connectivity index (χ3v) is 5.91. The largest absolute Gasteiger partial charge is 0.341 e. The van der Waals surface area contributed by atoms with Crippen LogP contribution in [-0.4, -0.2) is 45.4 Å². The van der Waals surface area contributed by atoms with Crippen LogP contribution in [-0.2, 0) is 11.2 Å². The zero-order chi connectivity index (χ0) is 20.4. The second-order valence-corrected chi connectivity index (χ2v) is 7.86. The Bertz CT molecular complexity index is 987. The van der Waals surface area contributed by atoms with Crippen LogP contribution >= 0.6 is 12.4 Å². The van der Waals surface area contributed by atoms with E-state index in [4.69, 9.17) is 5.73 Å². The number of aromatic nitrogens is 3. The minimum absolute atomic E-state index is 0. The van der Waals surface area contributed by atoms with Crippen molar-refractivity contribution in [3.8, 4) is 5.69 Å². The third-order valence-electron chi connectivity index (χ3n) is 5.91. The Morgan fingerprint density at radius 3 is 2.43 bits per heavy atom. The van der Waals surface area contributed by atoms with Gasteiger partial charge in [0.1, 0.15) is 0 Å². The highest BCUT2D eigenvalue weighted by Gasteiger charge is 2.35. The molecule has 158 valence electrons. The third kappa shape index (κ3) is 4.40. The highest BCUT2D eigenvalue weighted by atomic mass is 35.5. The SMILES string of the molecule is Cc1ccc(-n2nnc(CC(=O)N3C[C@@H](CN)[C@H](c4ccccc4)C3)c2C)cc1.Cl. The van der Waals surface area contributed by atoms with Crippen LogP contribution in [0.15, 0.2) is 54.6 Å². The van der Waals surface area contributed by atoms with Crippen LogP contribution in [0, 0.1) is 19.8 Å². The lowest BCUT2D eigenvalue weighted by Crippen LogP contribution is -2.31. The van der Waals surface area contributed by atoms with Crippen molar-refractivity contribution in [1.29, 1.82) is 0 Å². The molecule has 0 radical (unpaired) electrons. The topological polar surface area (TPSA) is 77.0 Å². The number of carbonyl (C=O) groups excluding carboxylic acids is 1. The Labute approximate surface area is 183 Å². The monoisotopic (exact) mass is 425 g/mol. The van der Waals surface area contributed by atoms with Gasteiger partial charge in [-0.1, -0.05) is 53.2 Å². The summed E-state index contributed by atoms with van der Waals surface area (Å²) in [5.41, 5.74) is 11.0. The van der Waals surface area contributed by atoms with Crippen molar-refractivity contribution in [2.24, 2.45) is 11.7 Å². The van der Waals surface area contributed by atoms with Crippen molar-refractivity contribution >= 4 is 18.3 Å². The predicted octanol–water partition coefficient (Wildman–Crippen LogP) is 3.05. The molecule has 1 aliphatic heterocycles. The average molecular weight is 426 g/mol. The number of amides is 1. The van der Waals surface area contributed by atoms with Crippen LogP contribution in [0.3, 0.4) is 0 Å². The van der Waals surface area contributed by atoms with E-state index in [0.29, 0.717) is 19.6 Å². The number of benzene rings is 2. The molecule has 1 aromatic heterocycles. The van der Waals surface area contributed by atoms with Gasteiger partial charge in [-0.3, -0.25) is 4.79 Å². The standard InChI is InChI=1S/C23H27N5O.ClH/c1-16-8-10-20(11-9-16)28-17(2)22(25-26-28)12-23(29)27-14-19(13-24)21(15-27)18-6-4-3-5-7-18;/h3-11,19,21H,12-15,24H2,1-2H3;1H/t19-,21+;/m1./s1. The molecule has 1 saturated heterocycles. The lowest BCUT2D eigenvalue weighted by atomic mass is 9.89. The van der Waals surface area contributed by atoms with Gasteiger partial charge in [-0.05, 0) is 44.0 Å². The molecule has 2 aromatic carbocycles. The van der Waals surface area contributed by atoms with Gasteiger partial charge in [0.15, 0.2) is 0 Å². The summed E-state index contributed by atoms with van der Waals surface area (Å²) in [4.78, 5) is 14.9. The molecule has 2 heterocycles. The summed E-state index contributed by atoms with van der Waals surface area (Å²) in [6, 6.07) is 18.5. The summed E-state index contributed by atoms with van der Waals surface area (Å²) in [5, 5.41) is 8.55. The van der Waals surface area contributed by atoms with Gasteiger partial charge in [0.2, 0.25) is 5.91 Å². The van der Waals surface area contributed by atoms with E-state index in [-0.39, 0.29) is 36.6 Å². The lowest BCUT2D eigenvalue weighted by molar-refractivity contribution is -0.129. The molecule has 0 spiro atoms.